The third kappa shape index (κ3) is 3.72. The minimum absolute atomic E-state index is 0.259. The average molecular weight is 296 g/mol. The van der Waals surface area contributed by atoms with Crippen molar-refractivity contribution in [2.24, 2.45) is 5.92 Å². The summed E-state index contributed by atoms with van der Waals surface area (Å²) >= 11 is 1.61. The second-order valence-corrected chi connectivity index (χ2v) is 6.19. The van der Waals surface area contributed by atoms with E-state index >= 15 is 0 Å². The maximum absolute atomic E-state index is 11.9. The van der Waals surface area contributed by atoms with Gasteiger partial charge in [-0.05, 0) is 36.8 Å². The van der Waals surface area contributed by atoms with Gasteiger partial charge in [0.1, 0.15) is 0 Å². The predicted molar refractivity (Wildman–Crippen MR) is 77.8 cm³/mol. The molecule has 1 aromatic rings. The number of thiophene rings is 1. The molecule has 2 rings (SSSR count). The number of urea groups is 1. The molecule has 1 aliphatic carbocycles. The van der Waals surface area contributed by atoms with Crippen LogP contribution in [0.5, 0.6) is 0 Å². The summed E-state index contributed by atoms with van der Waals surface area (Å²) in [6.45, 7) is 2.49. The summed E-state index contributed by atoms with van der Waals surface area (Å²) in [6, 6.07) is 1.47. The normalized spacial score (nSPS) is 22.2. The van der Waals surface area contributed by atoms with Crippen LogP contribution in [0, 0.1) is 12.8 Å². The van der Waals surface area contributed by atoms with Gasteiger partial charge in [-0.1, -0.05) is 12.8 Å². The molecule has 1 aromatic heterocycles. The number of aliphatic carboxylic acids is 1. The number of carboxylic acids is 1. The van der Waals surface area contributed by atoms with Gasteiger partial charge in [-0.15, -0.1) is 11.3 Å². The molecule has 0 radical (unpaired) electrons. The lowest BCUT2D eigenvalue weighted by Crippen LogP contribution is -2.48. The topological polar surface area (TPSA) is 78.4 Å². The Bertz CT molecular complexity index is 487. The zero-order valence-corrected chi connectivity index (χ0v) is 12.3. The number of carbonyl (C=O) groups is 2. The first-order valence-corrected chi connectivity index (χ1v) is 7.76. The zero-order valence-electron chi connectivity index (χ0n) is 11.5. The van der Waals surface area contributed by atoms with Crippen molar-refractivity contribution in [1.29, 1.82) is 0 Å². The van der Waals surface area contributed by atoms with E-state index in [0.717, 1.165) is 29.7 Å². The molecule has 6 heteroatoms. The molecular weight excluding hydrogens is 276 g/mol. The third-order valence-electron chi connectivity index (χ3n) is 3.78. The number of carboxylic acid groups (broad SMARTS) is 1. The van der Waals surface area contributed by atoms with Gasteiger partial charge in [-0.3, -0.25) is 4.79 Å². The summed E-state index contributed by atoms with van der Waals surface area (Å²) in [5, 5.41) is 16.8. The summed E-state index contributed by atoms with van der Waals surface area (Å²) in [5.41, 5.74) is 1.16. The van der Waals surface area contributed by atoms with Crippen LogP contribution in [0.1, 0.15) is 36.1 Å². The van der Waals surface area contributed by atoms with Gasteiger partial charge in [0.05, 0.1) is 12.5 Å². The van der Waals surface area contributed by atoms with Gasteiger partial charge >= 0.3 is 12.0 Å². The molecule has 0 aromatic carbocycles. The van der Waals surface area contributed by atoms with Gasteiger partial charge in [0.25, 0.3) is 0 Å². The second kappa shape index (κ2) is 6.74. The van der Waals surface area contributed by atoms with Crippen molar-refractivity contribution >= 4 is 23.3 Å². The molecule has 2 atom stereocenters. The molecule has 3 N–H and O–H groups in total. The highest BCUT2D eigenvalue weighted by atomic mass is 32.1. The fraction of sp³-hybridized carbons (Fsp3) is 0.571. The summed E-state index contributed by atoms with van der Waals surface area (Å²) in [7, 11) is 0. The second-order valence-electron chi connectivity index (χ2n) is 5.19. The van der Waals surface area contributed by atoms with Crippen LogP contribution in [0.4, 0.5) is 4.79 Å². The lowest BCUT2D eigenvalue weighted by Gasteiger charge is -2.29. The minimum Gasteiger partial charge on any atom is -0.481 e. The minimum atomic E-state index is -0.816. The van der Waals surface area contributed by atoms with Gasteiger partial charge in [0.2, 0.25) is 0 Å². The summed E-state index contributed by atoms with van der Waals surface area (Å²) < 4.78 is 0. The Balaban J connectivity index is 1.84. The fourth-order valence-electron chi connectivity index (χ4n) is 2.56. The SMILES string of the molecule is Cc1ccsc1CNC(=O)NC1CCCCC1C(=O)O. The van der Waals surface area contributed by atoms with Crippen molar-refractivity contribution in [2.75, 3.05) is 0 Å². The molecule has 110 valence electrons. The van der Waals surface area contributed by atoms with Crippen LogP contribution in [0.3, 0.4) is 0 Å². The van der Waals surface area contributed by atoms with Crippen LogP contribution in [-0.4, -0.2) is 23.1 Å². The Kier molecular flexibility index (Phi) is 5.00. The first-order valence-electron chi connectivity index (χ1n) is 6.88. The Hall–Kier alpha value is -1.56. The van der Waals surface area contributed by atoms with Crippen LogP contribution < -0.4 is 10.6 Å². The van der Waals surface area contributed by atoms with E-state index in [2.05, 4.69) is 10.6 Å². The van der Waals surface area contributed by atoms with E-state index in [4.69, 9.17) is 5.11 Å². The number of rotatable bonds is 4. The molecule has 1 fully saturated rings. The van der Waals surface area contributed by atoms with Crippen molar-refractivity contribution in [3.8, 4) is 0 Å². The molecule has 0 spiro atoms. The molecular formula is C14H20N2O3S. The molecule has 0 bridgehead atoms. The smallest absolute Gasteiger partial charge is 0.315 e. The third-order valence-corrected chi connectivity index (χ3v) is 4.80. The van der Waals surface area contributed by atoms with Crippen molar-refractivity contribution in [1.82, 2.24) is 10.6 Å². The van der Waals surface area contributed by atoms with E-state index < -0.39 is 11.9 Å². The van der Waals surface area contributed by atoms with Crippen molar-refractivity contribution in [3.63, 3.8) is 0 Å². The molecule has 5 nitrogen and oxygen atoms in total. The van der Waals surface area contributed by atoms with Gasteiger partial charge < -0.3 is 15.7 Å². The number of aryl methyl sites for hydroxylation is 1. The Morgan fingerprint density at radius 1 is 1.40 bits per heavy atom. The number of carbonyl (C=O) groups excluding carboxylic acids is 1. The predicted octanol–water partition coefficient (Wildman–Crippen LogP) is 2.50. The van der Waals surface area contributed by atoms with E-state index in [1.165, 1.54) is 0 Å². The molecule has 0 aliphatic heterocycles. The number of nitrogens with one attached hydrogen (secondary N) is 2. The highest BCUT2D eigenvalue weighted by Crippen LogP contribution is 2.24. The van der Waals surface area contributed by atoms with Crippen LogP contribution >= 0.6 is 11.3 Å². The standard InChI is InChI=1S/C14H20N2O3S/c1-9-6-7-20-12(9)8-15-14(19)16-11-5-3-2-4-10(11)13(17)18/h6-7,10-11H,2-5,8H2,1H3,(H,17,18)(H2,15,16,19). The molecule has 0 saturated heterocycles. The molecule has 20 heavy (non-hydrogen) atoms. The number of amides is 2. The van der Waals surface area contributed by atoms with Crippen molar-refractivity contribution < 1.29 is 14.7 Å². The van der Waals surface area contributed by atoms with E-state index in [0.29, 0.717) is 13.0 Å². The maximum atomic E-state index is 11.9. The van der Waals surface area contributed by atoms with E-state index in [-0.39, 0.29) is 12.1 Å². The van der Waals surface area contributed by atoms with Crippen LogP contribution in [0.25, 0.3) is 0 Å². The lowest BCUT2D eigenvalue weighted by molar-refractivity contribution is -0.143. The lowest BCUT2D eigenvalue weighted by atomic mass is 9.84. The van der Waals surface area contributed by atoms with Gasteiger partial charge in [-0.2, -0.15) is 0 Å². The van der Waals surface area contributed by atoms with Crippen LogP contribution in [0.2, 0.25) is 0 Å². The fourth-order valence-corrected chi connectivity index (χ4v) is 3.41. The van der Waals surface area contributed by atoms with Crippen LogP contribution in [-0.2, 0) is 11.3 Å². The highest BCUT2D eigenvalue weighted by Gasteiger charge is 2.31. The Morgan fingerprint density at radius 2 is 2.15 bits per heavy atom. The number of hydrogen-bond donors (Lipinski definition) is 3. The van der Waals surface area contributed by atoms with Gasteiger partial charge in [-0.25, -0.2) is 4.79 Å². The van der Waals surface area contributed by atoms with Gasteiger partial charge in [0.15, 0.2) is 0 Å². The molecule has 1 saturated carbocycles. The van der Waals surface area contributed by atoms with E-state index in [1.54, 1.807) is 11.3 Å². The Labute approximate surface area is 122 Å². The van der Waals surface area contributed by atoms with Gasteiger partial charge in [0, 0.05) is 10.9 Å². The quantitative estimate of drug-likeness (QED) is 0.798. The summed E-state index contributed by atoms with van der Waals surface area (Å²) in [6.07, 6.45) is 3.27. The van der Waals surface area contributed by atoms with E-state index in [9.17, 15) is 9.59 Å². The first-order chi connectivity index (χ1) is 9.58. The van der Waals surface area contributed by atoms with Crippen molar-refractivity contribution in [2.45, 2.75) is 45.2 Å². The average Bonchev–Trinajstić information content (AvgIpc) is 2.82. The highest BCUT2D eigenvalue weighted by molar-refractivity contribution is 7.10. The maximum Gasteiger partial charge on any atom is 0.315 e. The Morgan fingerprint density at radius 3 is 2.80 bits per heavy atom. The molecule has 2 unspecified atom stereocenters. The zero-order chi connectivity index (χ0) is 14.5. The number of hydrogen-bond acceptors (Lipinski definition) is 3. The van der Waals surface area contributed by atoms with E-state index in [1.807, 2.05) is 18.4 Å². The summed E-state index contributed by atoms with van der Waals surface area (Å²) in [5.74, 6) is -1.28. The summed E-state index contributed by atoms with van der Waals surface area (Å²) in [4.78, 5) is 24.2. The largest absolute Gasteiger partial charge is 0.481 e. The first kappa shape index (κ1) is 14.8. The van der Waals surface area contributed by atoms with Crippen molar-refractivity contribution in [3.05, 3.63) is 21.9 Å². The molecule has 1 aliphatic rings. The van der Waals surface area contributed by atoms with Crippen LogP contribution in [0.15, 0.2) is 11.4 Å². The molecule has 1 heterocycles. The molecule has 2 amide bonds. The monoisotopic (exact) mass is 296 g/mol.